The molecule has 2 rings (SSSR count). The van der Waals surface area contributed by atoms with Crippen LogP contribution in [0.15, 0.2) is 0 Å². The summed E-state index contributed by atoms with van der Waals surface area (Å²) in [5, 5.41) is 18.6. The van der Waals surface area contributed by atoms with Gasteiger partial charge in [-0.1, -0.05) is 0 Å². The molecule has 2 N–H and O–H groups in total. The second-order valence-corrected chi connectivity index (χ2v) is 3.99. The molecule has 0 aromatic carbocycles. The normalized spacial score (nSPS) is 48.1. The molecule has 0 unspecified atom stereocenters. The molecular weight excluding hydrogens is 144 g/mol. The first-order valence-electron chi connectivity index (χ1n) is 4.02. The Morgan fingerprint density at radius 1 is 1.18 bits per heavy atom. The highest BCUT2D eigenvalue weighted by atomic mass is 16.4. The molecule has 2 bridgehead atoms. The fourth-order valence-electron chi connectivity index (χ4n) is 2.47. The van der Waals surface area contributed by atoms with Crippen LogP contribution in [0.5, 0.6) is 0 Å². The standard InChI is InChI=1S/C8H12O3/c9-6(10)7-1-3-8(11,5-7)4-2-7/h11H,1-5H2,(H,9,10). The van der Waals surface area contributed by atoms with Gasteiger partial charge >= 0.3 is 5.97 Å². The topological polar surface area (TPSA) is 57.5 Å². The minimum absolute atomic E-state index is 0.481. The predicted octanol–water partition coefficient (Wildman–Crippen LogP) is 0.766. The fourth-order valence-corrected chi connectivity index (χ4v) is 2.47. The van der Waals surface area contributed by atoms with E-state index in [0.717, 1.165) is 0 Å². The first-order valence-corrected chi connectivity index (χ1v) is 4.02. The van der Waals surface area contributed by atoms with Gasteiger partial charge in [0.25, 0.3) is 0 Å². The number of hydrogen-bond donors (Lipinski definition) is 2. The van der Waals surface area contributed by atoms with Crippen LogP contribution in [0, 0.1) is 5.41 Å². The Labute approximate surface area is 65.0 Å². The zero-order valence-corrected chi connectivity index (χ0v) is 6.34. The summed E-state index contributed by atoms with van der Waals surface area (Å²) in [5.41, 5.74) is -1.19. The Kier molecular flexibility index (Phi) is 1.15. The summed E-state index contributed by atoms with van der Waals surface area (Å²) in [4.78, 5) is 10.8. The minimum Gasteiger partial charge on any atom is -0.481 e. The Morgan fingerprint density at radius 3 is 1.91 bits per heavy atom. The van der Waals surface area contributed by atoms with E-state index in [2.05, 4.69) is 0 Å². The molecule has 2 aliphatic carbocycles. The van der Waals surface area contributed by atoms with Crippen molar-refractivity contribution in [2.75, 3.05) is 0 Å². The van der Waals surface area contributed by atoms with E-state index < -0.39 is 17.0 Å². The average Bonchev–Trinajstić information content (AvgIpc) is 2.42. The molecule has 11 heavy (non-hydrogen) atoms. The van der Waals surface area contributed by atoms with Crippen molar-refractivity contribution in [3.8, 4) is 0 Å². The molecule has 0 heterocycles. The largest absolute Gasteiger partial charge is 0.481 e. The van der Waals surface area contributed by atoms with Crippen molar-refractivity contribution in [3.05, 3.63) is 0 Å². The lowest BCUT2D eigenvalue weighted by molar-refractivity contribution is -0.148. The molecule has 0 aromatic rings. The van der Waals surface area contributed by atoms with E-state index in [1.807, 2.05) is 0 Å². The van der Waals surface area contributed by atoms with Crippen LogP contribution >= 0.6 is 0 Å². The lowest BCUT2D eigenvalue weighted by Crippen LogP contribution is -2.25. The molecule has 2 aliphatic rings. The van der Waals surface area contributed by atoms with E-state index >= 15 is 0 Å². The third-order valence-electron chi connectivity index (χ3n) is 3.26. The van der Waals surface area contributed by atoms with Gasteiger partial charge in [-0.25, -0.2) is 0 Å². The first kappa shape index (κ1) is 7.10. The highest BCUT2D eigenvalue weighted by Gasteiger charge is 2.57. The second kappa shape index (κ2) is 1.78. The zero-order valence-electron chi connectivity index (χ0n) is 6.34. The van der Waals surface area contributed by atoms with Gasteiger partial charge in [0.2, 0.25) is 0 Å². The fraction of sp³-hybridized carbons (Fsp3) is 0.875. The molecule has 0 amide bonds. The van der Waals surface area contributed by atoms with Crippen LogP contribution in [-0.2, 0) is 4.79 Å². The van der Waals surface area contributed by atoms with Crippen LogP contribution in [0.1, 0.15) is 32.1 Å². The third kappa shape index (κ3) is 0.805. The van der Waals surface area contributed by atoms with Crippen LogP contribution in [0.25, 0.3) is 0 Å². The van der Waals surface area contributed by atoms with E-state index in [0.29, 0.717) is 32.1 Å². The van der Waals surface area contributed by atoms with Crippen LogP contribution < -0.4 is 0 Å². The van der Waals surface area contributed by atoms with Gasteiger partial charge in [0, 0.05) is 0 Å². The van der Waals surface area contributed by atoms with Crippen LogP contribution in [-0.4, -0.2) is 21.8 Å². The summed E-state index contributed by atoms with van der Waals surface area (Å²) in [5.74, 6) is -0.717. The number of fused-ring (bicyclic) bond motifs is 2. The lowest BCUT2D eigenvalue weighted by atomic mass is 9.84. The van der Waals surface area contributed by atoms with E-state index in [1.54, 1.807) is 0 Å². The maximum atomic E-state index is 10.8. The maximum absolute atomic E-state index is 10.8. The number of aliphatic hydroxyl groups is 1. The van der Waals surface area contributed by atoms with Crippen LogP contribution in [0.4, 0.5) is 0 Å². The molecule has 62 valence electrons. The molecule has 3 nitrogen and oxygen atoms in total. The molecule has 0 radical (unpaired) electrons. The number of carboxylic acids is 1. The molecule has 3 heteroatoms. The van der Waals surface area contributed by atoms with Gasteiger partial charge in [0.05, 0.1) is 11.0 Å². The van der Waals surface area contributed by atoms with Crippen molar-refractivity contribution in [2.24, 2.45) is 5.41 Å². The number of carboxylic acid groups (broad SMARTS) is 1. The predicted molar refractivity (Wildman–Crippen MR) is 38.1 cm³/mol. The molecule has 0 saturated heterocycles. The molecule has 2 fully saturated rings. The zero-order chi connectivity index (χ0) is 8.11. The van der Waals surface area contributed by atoms with Gasteiger partial charge in [-0.3, -0.25) is 4.79 Å². The summed E-state index contributed by atoms with van der Waals surface area (Å²) in [6.07, 6.45) is 3.17. The van der Waals surface area contributed by atoms with Crippen molar-refractivity contribution in [1.29, 1.82) is 0 Å². The van der Waals surface area contributed by atoms with Gasteiger partial charge < -0.3 is 10.2 Å². The lowest BCUT2D eigenvalue weighted by Gasteiger charge is -2.20. The van der Waals surface area contributed by atoms with Crippen LogP contribution in [0.3, 0.4) is 0 Å². The van der Waals surface area contributed by atoms with Crippen molar-refractivity contribution < 1.29 is 15.0 Å². The van der Waals surface area contributed by atoms with E-state index in [-0.39, 0.29) is 0 Å². The van der Waals surface area contributed by atoms with Crippen LogP contribution in [0.2, 0.25) is 0 Å². The van der Waals surface area contributed by atoms with Gasteiger partial charge in [-0.2, -0.15) is 0 Å². The number of aliphatic carboxylic acids is 1. The first-order chi connectivity index (χ1) is 5.06. The van der Waals surface area contributed by atoms with E-state index in [1.165, 1.54) is 0 Å². The third-order valence-corrected chi connectivity index (χ3v) is 3.26. The van der Waals surface area contributed by atoms with E-state index in [4.69, 9.17) is 5.11 Å². The Balaban J connectivity index is 2.27. The molecule has 0 aromatic heterocycles. The molecule has 0 atom stereocenters. The summed E-state index contributed by atoms with van der Waals surface area (Å²) >= 11 is 0. The van der Waals surface area contributed by atoms with Gasteiger partial charge in [-0.15, -0.1) is 0 Å². The Bertz CT molecular complexity index is 201. The molecule has 2 saturated carbocycles. The summed E-state index contributed by atoms with van der Waals surface area (Å²) in [6.45, 7) is 0. The van der Waals surface area contributed by atoms with Gasteiger partial charge in [0.1, 0.15) is 0 Å². The van der Waals surface area contributed by atoms with E-state index in [9.17, 15) is 9.90 Å². The SMILES string of the molecule is O=C(O)C12CCC(O)(CC1)C2. The van der Waals surface area contributed by atoms with Crippen molar-refractivity contribution in [3.63, 3.8) is 0 Å². The second-order valence-electron chi connectivity index (χ2n) is 3.99. The van der Waals surface area contributed by atoms with Crippen molar-refractivity contribution >= 4 is 5.97 Å². The Hall–Kier alpha value is -0.570. The molecule has 0 aliphatic heterocycles. The molecule has 0 spiro atoms. The average molecular weight is 156 g/mol. The Morgan fingerprint density at radius 2 is 1.73 bits per heavy atom. The van der Waals surface area contributed by atoms with Crippen molar-refractivity contribution in [1.82, 2.24) is 0 Å². The molecular formula is C8H12O3. The smallest absolute Gasteiger partial charge is 0.309 e. The highest BCUT2D eigenvalue weighted by Crippen LogP contribution is 2.56. The minimum atomic E-state index is -0.717. The summed E-state index contributed by atoms with van der Waals surface area (Å²) < 4.78 is 0. The number of carbonyl (C=O) groups is 1. The monoisotopic (exact) mass is 156 g/mol. The van der Waals surface area contributed by atoms with Crippen molar-refractivity contribution in [2.45, 2.75) is 37.7 Å². The quantitative estimate of drug-likeness (QED) is 0.589. The number of rotatable bonds is 1. The maximum Gasteiger partial charge on any atom is 0.309 e. The summed E-state index contributed by atoms with van der Waals surface area (Å²) in [6, 6.07) is 0. The highest BCUT2D eigenvalue weighted by molar-refractivity contribution is 5.76. The van der Waals surface area contributed by atoms with Gasteiger partial charge in [0.15, 0.2) is 0 Å². The summed E-state index contributed by atoms with van der Waals surface area (Å²) in [7, 11) is 0. The number of hydrogen-bond acceptors (Lipinski definition) is 2. The van der Waals surface area contributed by atoms with Gasteiger partial charge in [-0.05, 0) is 32.1 Å².